The fraction of sp³-hybridized carbons (Fsp3) is 0.571. The predicted octanol–water partition coefficient (Wildman–Crippen LogP) is 5.92. The van der Waals surface area contributed by atoms with Crippen LogP contribution in [0.4, 0.5) is 0 Å². The van der Waals surface area contributed by atoms with E-state index in [0.717, 1.165) is 15.4 Å². The lowest BCUT2D eigenvalue weighted by molar-refractivity contribution is -0.0773. The minimum atomic E-state index is 0.0883. The topological polar surface area (TPSA) is 9.23 Å². The Balaban J connectivity index is 2.18. The molecule has 1 saturated carbocycles. The van der Waals surface area contributed by atoms with Crippen LogP contribution in [-0.2, 0) is 4.74 Å². The molecule has 1 aliphatic carbocycles. The summed E-state index contributed by atoms with van der Waals surface area (Å²) in [6.07, 6.45) is 4.66. The summed E-state index contributed by atoms with van der Waals surface area (Å²) in [4.78, 5) is 0.323. The number of ether oxygens (including phenoxy) is 1. The molecule has 0 spiro atoms. The molecule has 1 atom stereocenters. The van der Waals surface area contributed by atoms with E-state index in [9.17, 15) is 0 Å². The SMILES string of the molecule is COC1(CC(Br)c2cc(Br)c(C)cc2Br)CCC1. The maximum Gasteiger partial charge on any atom is 0.0692 e. The molecule has 1 aliphatic rings. The molecule has 18 heavy (non-hydrogen) atoms. The van der Waals surface area contributed by atoms with Crippen molar-refractivity contribution >= 4 is 47.8 Å². The van der Waals surface area contributed by atoms with Gasteiger partial charge < -0.3 is 4.74 Å². The molecule has 1 aromatic rings. The number of halogens is 3. The van der Waals surface area contributed by atoms with E-state index < -0.39 is 0 Å². The summed E-state index contributed by atoms with van der Waals surface area (Å²) in [6.45, 7) is 2.10. The molecule has 0 heterocycles. The monoisotopic (exact) mass is 438 g/mol. The van der Waals surface area contributed by atoms with E-state index in [1.165, 1.54) is 30.4 Å². The van der Waals surface area contributed by atoms with Crippen LogP contribution < -0.4 is 0 Å². The smallest absolute Gasteiger partial charge is 0.0692 e. The van der Waals surface area contributed by atoms with Gasteiger partial charge in [0.2, 0.25) is 0 Å². The summed E-state index contributed by atoms with van der Waals surface area (Å²) in [7, 11) is 1.83. The molecule has 1 unspecified atom stereocenters. The van der Waals surface area contributed by atoms with Gasteiger partial charge in [-0.1, -0.05) is 47.8 Å². The number of hydrogen-bond donors (Lipinski definition) is 0. The molecule has 100 valence electrons. The standard InChI is InChI=1S/C14H17Br3O/c1-9-6-12(16)10(7-11(9)15)13(17)8-14(18-2)4-3-5-14/h6-7,13H,3-5,8H2,1-2H3. The van der Waals surface area contributed by atoms with Crippen LogP contribution in [0.5, 0.6) is 0 Å². The summed E-state index contributed by atoms with van der Waals surface area (Å²) in [5.41, 5.74) is 2.62. The number of rotatable bonds is 4. The van der Waals surface area contributed by atoms with Gasteiger partial charge in [-0.3, -0.25) is 0 Å². The van der Waals surface area contributed by atoms with Gasteiger partial charge in [-0.25, -0.2) is 0 Å². The molecule has 0 aliphatic heterocycles. The maximum atomic E-state index is 5.70. The Bertz CT molecular complexity index is 435. The van der Waals surface area contributed by atoms with E-state index in [0.29, 0.717) is 4.83 Å². The molecule has 0 bridgehead atoms. The molecule has 4 heteroatoms. The van der Waals surface area contributed by atoms with Crippen molar-refractivity contribution in [2.75, 3.05) is 7.11 Å². The average molecular weight is 441 g/mol. The Morgan fingerprint density at radius 2 is 1.94 bits per heavy atom. The first-order valence-corrected chi connectivity index (χ1v) is 8.62. The van der Waals surface area contributed by atoms with Gasteiger partial charge >= 0.3 is 0 Å². The first-order valence-electron chi connectivity index (χ1n) is 6.12. The highest BCUT2D eigenvalue weighted by Crippen LogP contribution is 2.46. The number of aryl methyl sites for hydroxylation is 1. The van der Waals surface area contributed by atoms with E-state index in [4.69, 9.17) is 4.74 Å². The zero-order valence-corrected chi connectivity index (χ0v) is 15.4. The first kappa shape index (κ1) is 15.0. The molecule has 2 rings (SSSR count). The van der Waals surface area contributed by atoms with Crippen molar-refractivity contribution in [1.82, 2.24) is 0 Å². The number of hydrogen-bond acceptors (Lipinski definition) is 1. The highest BCUT2D eigenvalue weighted by molar-refractivity contribution is 9.11. The van der Waals surface area contributed by atoms with E-state index in [1.807, 2.05) is 7.11 Å². The van der Waals surface area contributed by atoms with Gasteiger partial charge in [-0.2, -0.15) is 0 Å². The third-order valence-electron chi connectivity index (χ3n) is 3.86. The molecule has 0 amide bonds. The quantitative estimate of drug-likeness (QED) is 0.528. The second kappa shape index (κ2) is 5.94. The molecular formula is C14H17Br3O. The fourth-order valence-corrected chi connectivity index (χ4v) is 4.77. The van der Waals surface area contributed by atoms with Crippen LogP contribution in [0.3, 0.4) is 0 Å². The lowest BCUT2D eigenvalue weighted by Crippen LogP contribution is -2.39. The summed E-state index contributed by atoms with van der Waals surface area (Å²) in [6, 6.07) is 4.36. The molecule has 0 aromatic heterocycles. The van der Waals surface area contributed by atoms with Crippen LogP contribution >= 0.6 is 47.8 Å². The van der Waals surface area contributed by atoms with Gasteiger partial charge in [-0.15, -0.1) is 0 Å². The fourth-order valence-electron chi connectivity index (χ4n) is 2.40. The number of benzene rings is 1. The largest absolute Gasteiger partial charge is 0.378 e. The Kier molecular flexibility index (Phi) is 4.96. The Morgan fingerprint density at radius 3 is 2.44 bits per heavy atom. The molecule has 0 radical (unpaired) electrons. The van der Waals surface area contributed by atoms with Crippen molar-refractivity contribution in [1.29, 1.82) is 0 Å². The van der Waals surface area contributed by atoms with Gasteiger partial charge in [0.15, 0.2) is 0 Å². The highest BCUT2D eigenvalue weighted by Gasteiger charge is 2.39. The lowest BCUT2D eigenvalue weighted by Gasteiger charge is -2.42. The molecule has 0 N–H and O–H groups in total. The minimum absolute atomic E-state index is 0.0883. The second-order valence-electron chi connectivity index (χ2n) is 5.04. The summed E-state index contributed by atoms with van der Waals surface area (Å²) in [5, 5.41) is 0. The van der Waals surface area contributed by atoms with Gasteiger partial charge in [0.25, 0.3) is 0 Å². The van der Waals surface area contributed by atoms with Crippen LogP contribution in [0.2, 0.25) is 0 Å². The molecule has 1 fully saturated rings. The van der Waals surface area contributed by atoms with Crippen molar-refractivity contribution in [3.05, 3.63) is 32.2 Å². The highest BCUT2D eigenvalue weighted by atomic mass is 79.9. The zero-order valence-electron chi connectivity index (χ0n) is 10.6. The van der Waals surface area contributed by atoms with Crippen LogP contribution in [-0.4, -0.2) is 12.7 Å². The van der Waals surface area contributed by atoms with E-state index in [1.54, 1.807) is 0 Å². The normalized spacial score (nSPS) is 19.4. The van der Waals surface area contributed by atoms with E-state index >= 15 is 0 Å². The Hall–Kier alpha value is 0.620. The minimum Gasteiger partial charge on any atom is -0.378 e. The third kappa shape index (κ3) is 3.02. The molecule has 0 saturated heterocycles. The first-order chi connectivity index (χ1) is 8.47. The average Bonchev–Trinajstić information content (AvgIpc) is 2.28. The summed E-state index contributed by atoms with van der Waals surface area (Å²) >= 11 is 11.1. The van der Waals surface area contributed by atoms with Crippen molar-refractivity contribution in [2.45, 2.75) is 43.0 Å². The predicted molar refractivity (Wildman–Crippen MR) is 86.5 cm³/mol. The second-order valence-corrected chi connectivity index (χ2v) is 7.85. The van der Waals surface area contributed by atoms with Gasteiger partial charge in [0.05, 0.1) is 5.60 Å². The Morgan fingerprint density at radius 1 is 1.28 bits per heavy atom. The van der Waals surface area contributed by atoms with Gasteiger partial charge in [-0.05, 0) is 55.9 Å². The van der Waals surface area contributed by atoms with Crippen molar-refractivity contribution in [3.63, 3.8) is 0 Å². The summed E-state index contributed by atoms with van der Waals surface area (Å²) < 4.78 is 8.02. The van der Waals surface area contributed by atoms with Crippen LogP contribution in [0, 0.1) is 6.92 Å². The number of methoxy groups -OCH3 is 1. The van der Waals surface area contributed by atoms with Crippen LogP contribution in [0.1, 0.15) is 41.6 Å². The number of alkyl halides is 1. The molecular weight excluding hydrogens is 424 g/mol. The molecule has 1 nitrogen and oxygen atoms in total. The van der Waals surface area contributed by atoms with Crippen LogP contribution in [0.25, 0.3) is 0 Å². The van der Waals surface area contributed by atoms with Crippen molar-refractivity contribution in [3.8, 4) is 0 Å². The zero-order chi connectivity index (χ0) is 13.3. The van der Waals surface area contributed by atoms with Gasteiger partial charge in [0, 0.05) is 20.9 Å². The van der Waals surface area contributed by atoms with Crippen molar-refractivity contribution < 1.29 is 4.74 Å². The molecule has 1 aromatic carbocycles. The third-order valence-corrected chi connectivity index (χ3v) is 6.22. The van der Waals surface area contributed by atoms with E-state index in [-0.39, 0.29) is 5.60 Å². The Labute approximate surface area is 134 Å². The maximum absolute atomic E-state index is 5.70. The van der Waals surface area contributed by atoms with Crippen molar-refractivity contribution in [2.24, 2.45) is 0 Å². The lowest BCUT2D eigenvalue weighted by atomic mass is 9.76. The summed E-state index contributed by atoms with van der Waals surface area (Å²) in [5.74, 6) is 0. The van der Waals surface area contributed by atoms with Crippen LogP contribution in [0.15, 0.2) is 21.1 Å². The van der Waals surface area contributed by atoms with E-state index in [2.05, 4.69) is 66.8 Å². The van der Waals surface area contributed by atoms with Gasteiger partial charge in [0.1, 0.15) is 0 Å².